The van der Waals surface area contributed by atoms with Crippen LogP contribution in [0, 0.1) is 5.92 Å². The van der Waals surface area contributed by atoms with Gasteiger partial charge in [-0.15, -0.1) is 5.10 Å². The van der Waals surface area contributed by atoms with Crippen molar-refractivity contribution in [3.8, 4) is 0 Å². The van der Waals surface area contributed by atoms with Gasteiger partial charge in [0.15, 0.2) is 0 Å². The molecule has 1 saturated heterocycles. The van der Waals surface area contributed by atoms with E-state index in [1.807, 2.05) is 13.2 Å². The Kier molecular flexibility index (Phi) is 3.02. The standard InChI is InChI=1S/C10H18N4O/c1-7-3-8(6-15-7)10(11)4-9-5-14(2)13-12-9/h5,7-8,10H,3-4,6,11H2,1-2H3. The van der Waals surface area contributed by atoms with Crippen LogP contribution < -0.4 is 5.73 Å². The lowest BCUT2D eigenvalue weighted by Crippen LogP contribution is -2.32. The minimum Gasteiger partial charge on any atom is -0.378 e. The molecule has 0 saturated carbocycles. The van der Waals surface area contributed by atoms with Gasteiger partial charge >= 0.3 is 0 Å². The molecule has 0 aromatic carbocycles. The van der Waals surface area contributed by atoms with Crippen LogP contribution in [0.5, 0.6) is 0 Å². The van der Waals surface area contributed by atoms with E-state index in [9.17, 15) is 0 Å². The Morgan fingerprint density at radius 2 is 2.53 bits per heavy atom. The molecule has 0 aliphatic carbocycles. The third-order valence-corrected chi connectivity index (χ3v) is 2.93. The summed E-state index contributed by atoms with van der Waals surface area (Å²) in [6, 6.07) is 0.131. The van der Waals surface area contributed by atoms with E-state index in [2.05, 4.69) is 17.2 Å². The number of ether oxygens (including phenoxy) is 1. The van der Waals surface area contributed by atoms with Crippen molar-refractivity contribution in [2.75, 3.05) is 6.61 Å². The second-order valence-corrected chi connectivity index (χ2v) is 4.39. The molecule has 0 radical (unpaired) electrons. The van der Waals surface area contributed by atoms with Crippen molar-refractivity contribution in [3.63, 3.8) is 0 Å². The topological polar surface area (TPSA) is 66.0 Å². The highest BCUT2D eigenvalue weighted by atomic mass is 16.5. The molecule has 2 rings (SSSR count). The number of nitrogens with two attached hydrogens (primary N) is 1. The summed E-state index contributed by atoms with van der Waals surface area (Å²) in [5, 5.41) is 7.93. The molecule has 1 aromatic heterocycles. The number of hydrogen-bond acceptors (Lipinski definition) is 4. The highest BCUT2D eigenvalue weighted by molar-refractivity contribution is 4.97. The minimum atomic E-state index is 0.131. The Balaban J connectivity index is 1.89. The first-order valence-corrected chi connectivity index (χ1v) is 5.37. The Morgan fingerprint density at radius 1 is 1.73 bits per heavy atom. The summed E-state index contributed by atoms with van der Waals surface area (Å²) in [7, 11) is 1.86. The van der Waals surface area contributed by atoms with Gasteiger partial charge in [0.2, 0.25) is 0 Å². The van der Waals surface area contributed by atoms with Crippen LogP contribution in [-0.2, 0) is 18.2 Å². The van der Waals surface area contributed by atoms with Gasteiger partial charge in [-0.25, -0.2) is 0 Å². The summed E-state index contributed by atoms with van der Waals surface area (Å²) in [6.07, 6.45) is 4.11. The second kappa shape index (κ2) is 4.28. The molecule has 5 nitrogen and oxygen atoms in total. The molecule has 15 heavy (non-hydrogen) atoms. The van der Waals surface area contributed by atoms with Crippen molar-refractivity contribution < 1.29 is 4.74 Å². The van der Waals surface area contributed by atoms with Gasteiger partial charge in [0, 0.05) is 31.6 Å². The Hall–Kier alpha value is -0.940. The van der Waals surface area contributed by atoms with Gasteiger partial charge in [0.25, 0.3) is 0 Å². The molecule has 1 aliphatic heterocycles. The van der Waals surface area contributed by atoms with Gasteiger partial charge in [0.05, 0.1) is 18.4 Å². The van der Waals surface area contributed by atoms with Crippen LogP contribution in [0.2, 0.25) is 0 Å². The zero-order valence-electron chi connectivity index (χ0n) is 9.26. The summed E-state index contributed by atoms with van der Waals surface area (Å²) in [6.45, 7) is 2.87. The third-order valence-electron chi connectivity index (χ3n) is 2.93. The summed E-state index contributed by atoms with van der Waals surface area (Å²) in [4.78, 5) is 0. The van der Waals surface area contributed by atoms with Gasteiger partial charge < -0.3 is 10.5 Å². The van der Waals surface area contributed by atoms with Gasteiger partial charge in [0.1, 0.15) is 0 Å². The fourth-order valence-corrected chi connectivity index (χ4v) is 2.05. The molecule has 5 heteroatoms. The fourth-order valence-electron chi connectivity index (χ4n) is 2.05. The van der Waals surface area contributed by atoms with Crippen LogP contribution in [0.4, 0.5) is 0 Å². The van der Waals surface area contributed by atoms with Gasteiger partial charge in [-0.2, -0.15) is 0 Å². The van der Waals surface area contributed by atoms with E-state index in [1.54, 1.807) is 4.68 Å². The molecule has 2 heterocycles. The Labute approximate surface area is 89.6 Å². The lowest BCUT2D eigenvalue weighted by molar-refractivity contribution is 0.118. The largest absolute Gasteiger partial charge is 0.378 e. The van der Waals surface area contributed by atoms with Crippen molar-refractivity contribution in [2.45, 2.75) is 31.9 Å². The maximum absolute atomic E-state index is 6.13. The van der Waals surface area contributed by atoms with Gasteiger partial charge in [-0.1, -0.05) is 5.21 Å². The summed E-state index contributed by atoms with van der Waals surface area (Å²) in [5.41, 5.74) is 7.09. The molecular weight excluding hydrogens is 192 g/mol. The molecule has 1 aromatic rings. The lowest BCUT2D eigenvalue weighted by atomic mass is 9.94. The summed E-state index contributed by atoms with van der Waals surface area (Å²) < 4.78 is 7.21. The number of aromatic nitrogens is 3. The van der Waals surface area contributed by atoms with Crippen LogP contribution in [0.15, 0.2) is 6.20 Å². The summed E-state index contributed by atoms with van der Waals surface area (Å²) >= 11 is 0. The quantitative estimate of drug-likeness (QED) is 0.769. The number of aryl methyl sites for hydroxylation is 1. The monoisotopic (exact) mass is 210 g/mol. The molecule has 0 spiro atoms. The van der Waals surface area contributed by atoms with Crippen LogP contribution in [-0.4, -0.2) is 33.7 Å². The minimum absolute atomic E-state index is 0.131. The zero-order valence-corrected chi connectivity index (χ0v) is 9.26. The normalized spacial score (nSPS) is 28.2. The maximum atomic E-state index is 6.13. The van der Waals surface area contributed by atoms with Crippen molar-refractivity contribution in [3.05, 3.63) is 11.9 Å². The summed E-state index contributed by atoms with van der Waals surface area (Å²) in [5.74, 6) is 0.460. The van der Waals surface area contributed by atoms with E-state index in [-0.39, 0.29) is 6.04 Å². The predicted molar refractivity (Wildman–Crippen MR) is 56.2 cm³/mol. The lowest BCUT2D eigenvalue weighted by Gasteiger charge is -2.15. The van der Waals surface area contributed by atoms with Crippen LogP contribution in [0.25, 0.3) is 0 Å². The number of hydrogen-bond donors (Lipinski definition) is 1. The van der Waals surface area contributed by atoms with Crippen LogP contribution in [0.3, 0.4) is 0 Å². The molecular formula is C10H18N4O. The van der Waals surface area contributed by atoms with Crippen molar-refractivity contribution in [1.29, 1.82) is 0 Å². The van der Waals surface area contributed by atoms with Crippen molar-refractivity contribution in [2.24, 2.45) is 18.7 Å². The first-order chi connectivity index (χ1) is 7.15. The molecule has 1 aliphatic rings. The SMILES string of the molecule is CC1CC(C(N)Cc2cn(C)nn2)CO1. The van der Waals surface area contributed by atoms with E-state index in [0.717, 1.165) is 25.1 Å². The molecule has 1 fully saturated rings. The number of rotatable bonds is 3. The Bertz CT molecular complexity index is 325. The zero-order chi connectivity index (χ0) is 10.8. The van der Waals surface area contributed by atoms with Crippen LogP contribution in [0.1, 0.15) is 19.0 Å². The molecule has 84 valence electrons. The van der Waals surface area contributed by atoms with E-state index >= 15 is 0 Å². The Morgan fingerprint density at radius 3 is 3.07 bits per heavy atom. The first kappa shape index (κ1) is 10.6. The number of nitrogens with zero attached hydrogens (tertiary/aromatic N) is 3. The molecule has 3 atom stereocenters. The smallest absolute Gasteiger partial charge is 0.0842 e. The predicted octanol–water partition coefficient (Wildman–Crippen LogP) is 0.110. The molecule has 0 bridgehead atoms. The molecule has 2 N–H and O–H groups in total. The highest BCUT2D eigenvalue weighted by Crippen LogP contribution is 2.22. The molecule has 0 amide bonds. The van der Waals surface area contributed by atoms with Crippen molar-refractivity contribution >= 4 is 0 Å². The maximum Gasteiger partial charge on any atom is 0.0842 e. The fraction of sp³-hybridized carbons (Fsp3) is 0.800. The van der Waals surface area contributed by atoms with E-state index in [1.165, 1.54) is 0 Å². The van der Waals surface area contributed by atoms with Gasteiger partial charge in [-0.05, 0) is 13.3 Å². The molecule has 3 unspecified atom stereocenters. The second-order valence-electron chi connectivity index (χ2n) is 4.39. The average molecular weight is 210 g/mol. The first-order valence-electron chi connectivity index (χ1n) is 5.37. The average Bonchev–Trinajstić information content (AvgIpc) is 2.75. The van der Waals surface area contributed by atoms with E-state index < -0.39 is 0 Å². The highest BCUT2D eigenvalue weighted by Gasteiger charge is 2.27. The van der Waals surface area contributed by atoms with Gasteiger partial charge in [-0.3, -0.25) is 4.68 Å². The van der Waals surface area contributed by atoms with Crippen LogP contribution >= 0.6 is 0 Å². The third kappa shape index (κ3) is 2.54. The van der Waals surface area contributed by atoms with E-state index in [4.69, 9.17) is 10.5 Å². The van der Waals surface area contributed by atoms with Crippen molar-refractivity contribution in [1.82, 2.24) is 15.0 Å². The van der Waals surface area contributed by atoms with E-state index in [0.29, 0.717) is 12.0 Å².